The standard InChI is InChI=1S/C12H17N3O2/c1-8-5-6-13-12(11(8)15(16)17)14-9(2)7-10-3-4-10/h5-6,9-10H,3-4,7H2,1-2H3,(H,13,14). The molecule has 1 aromatic heterocycles. The van der Waals surface area contributed by atoms with E-state index in [1.54, 1.807) is 19.2 Å². The SMILES string of the molecule is Cc1ccnc(NC(C)CC2CC2)c1[N+](=O)[O-]. The van der Waals surface area contributed by atoms with Gasteiger partial charge in [0.1, 0.15) is 0 Å². The lowest BCUT2D eigenvalue weighted by Crippen LogP contribution is -2.18. The minimum atomic E-state index is -0.367. The Hall–Kier alpha value is -1.65. The van der Waals surface area contributed by atoms with Crippen molar-refractivity contribution in [2.45, 2.75) is 39.2 Å². The van der Waals surface area contributed by atoms with E-state index in [1.807, 2.05) is 6.92 Å². The summed E-state index contributed by atoms with van der Waals surface area (Å²) >= 11 is 0. The van der Waals surface area contributed by atoms with Gasteiger partial charge in [0.2, 0.25) is 5.82 Å². The number of anilines is 1. The van der Waals surface area contributed by atoms with Crippen molar-refractivity contribution in [1.82, 2.24) is 4.98 Å². The minimum absolute atomic E-state index is 0.0927. The van der Waals surface area contributed by atoms with E-state index in [9.17, 15) is 10.1 Å². The quantitative estimate of drug-likeness (QED) is 0.629. The number of nitro groups is 1. The highest BCUT2D eigenvalue weighted by Crippen LogP contribution is 2.34. The van der Waals surface area contributed by atoms with E-state index in [1.165, 1.54) is 12.8 Å². The van der Waals surface area contributed by atoms with Crippen molar-refractivity contribution >= 4 is 11.5 Å². The molecule has 0 radical (unpaired) electrons. The molecule has 1 aromatic rings. The second-order valence-electron chi connectivity index (χ2n) is 4.81. The Labute approximate surface area is 100 Å². The predicted molar refractivity (Wildman–Crippen MR) is 66.1 cm³/mol. The third-order valence-electron chi connectivity index (χ3n) is 3.08. The Morgan fingerprint density at radius 2 is 2.35 bits per heavy atom. The van der Waals surface area contributed by atoms with E-state index in [0.29, 0.717) is 11.4 Å². The van der Waals surface area contributed by atoms with E-state index in [0.717, 1.165) is 12.3 Å². The van der Waals surface area contributed by atoms with Gasteiger partial charge in [0.15, 0.2) is 0 Å². The molecule has 5 nitrogen and oxygen atoms in total. The second-order valence-corrected chi connectivity index (χ2v) is 4.81. The first-order valence-corrected chi connectivity index (χ1v) is 5.94. The molecule has 5 heteroatoms. The monoisotopic (exact) mass is 235 g/mol. The van der Waals surface area contributed by atoms with Gasteiger partial charge in [-0.2, -0.15) is 0 Å². The number of aryl methyl sites for hydroxylation is 1. The molecule has 2 rings (SSSR count). The molecule has 0 aromatic carbocycles. The normalized spacial score (nSPS) is 16.6. The van der Waals surface area contributed by atoms with Crippen LogP contribution in [0.4, 0.5) is 11.5 Å². The molecule has 92 valence electrons. The van der Waals surface area contributed by atoms with Crippen molar-refractivity contribution in [2.24, 2.45) is 5.92 Å². The summed E-state index contributed by atoms with van der Waals surface area (Å²) in [7, 11) is 0. The van der Waals surface area contributed by atoms with Crippen LogP contribution in [0.1, 0.15) is 31.7 Å². The van der Waals surface area contributed by atoms with Gasteiger partial charge in [-0.15, -0.1) is 0 Å². The zero-order chi connectivity index (χ0) is 12.4. The van der Waals surface area contributed by atoms with Crippen LogP contribution in [0, 0.1) is 23.0 Å². The van der Waals surface area contributed by atoms with Gasteiger partial charge in [0.05, 0.1) is 4.92 Å². The van der Waals surface area contributed by atoms with E-state index in [2.05, 4.69) is 10.3 Å². The molecule has 1 aliphatic carbocycles. The fraction of sp³-hybridized carbons (Fsp3) is 0.583. The third-order valence-corrected chi connectivity index (χ3v) is 3.08. The maximum Gasteiger partial charge on any atom is 0.314 e. The smallest absolute Gasteiger partial charge is 0.314 e. The van der Waals surface area contributed by atoms with Crippen molar-refractivity contribution in [3.63, 3.8) is 0 Å². The van der Waals surface area contributed by atoms with Crippen LogP contribution in [0.25, 0.3) is 0 Å². The van der Waals surface area contributed by atoms with Crippen molar-refractivity contribution in [2.75, 3.05) is 5.32 Å². The highest BCUT2D eigenvalue weighted by Gasteiger charge is 2.25. The molecule has 0 aliphatic heterocycles. The van der Waals surface area contributed by atoms with Gasteiger partial charge < -0.3 is 5.32 Å². The first-order valence-electron chi connectivity index (χ1n) is 5.94. The Morgan fingerprint density at radius 1 is 1.65 bits per heavy atom. The van der Waals surface area contributed by atoms with Gasteiger partial charge in [-0.1, -0.05) is 12.8 Å². The molecule has 0 bridgehead atoms. The molecule has 1 aliphatic rings. The van der Waals surface area contributed by atoms with Crippen molar-refractivity contribution < 1.29 is 4.92 Å². The lowest BCUT2D eigenvalue weighted by atomic mass is 10.1. The van der Waals surface area contributed by atoms with Gasteiger partial charge in [0.25, 0.3) is 0 Å². The van der Waals surface area contributed by atoms with Crippen molar-refractivity contribution in [3.8, 4) is 0 Å². The highest BCUT2D eigenvalue weighted by atomic mass is 16.6. The molecular weight excluding hydrogens is 218 g/mol. The molecule has 1 fully saturated rings. The number of nitrogens with one attached hydrogen (secondary N) is 1. The van der Waals surface area contributed by atoms with Gasteiger partial charge in [-0.25, -0.2) is 4.98 Å². The summed E-state index contributed by atoms with van der Waals surface area (Å²) in [5.74, 6) is 1.18. The average molecular weight is 235 g/mol. The summed E-state index contributed by atoms with van der Waals surface area (Å²) < 4.78 is 0. The number of rotatable bonds is 5. The first kappa shape index (κ1) is 11.8. The molecule has 0 spiro atoms. The maximum atomic E-state index is 11.0. The van der Waals surface area contributed by atoms with Crippen LogP contribution in [-0.4, -0.2) is 15.9 Å². The second kappa shape index (κ2) is 4.69. The van der Waals surface area contributed by atoms with Crippen LogP contribution < -0.4 is 5.32 Å². The number of pyridine rings is 1. The topological polar surface area (TPSA) is 68.1 Å². The van der Waals surface area contributed by atoms with E-state index in [4.69, 9.17) is 0 Å². The summed E-state index contributed by atoms with van der Waals surface area (Å²) in [5, 5.41) is 14.1. The lowest BCUT2D eigenvalue weighted by molar-refractivity contribution is -0.384. The van der Waals surface area contributed by atoms with Gasteiger partial charge in [-0.3, -0.25) is 10.1 Å². The Bertz CT molecular complexity index is 430. The first-order chi connectivity index (χ1) is 8.08. The number of hydrogen-bond acceptors (Lipinski definition) is 4. The summed E-state index contributed by atoms with van der Waals surface area (Å²) in [5.41, 5.74) is 0.737. The fourth-order valence-electron chi connectivity index (χ4n) is 2.03. The zero-order valence-corrected chi connectivity index (χ0v) is 10.1. The van der Waals surface area contributed by atoms with Gasteiger partial charge in [-0.05, 0) is 32.3 Å². The molecule has 1 heterocycles. The van der Waals surface area contributed by atoms with E-state index in [-0.39, 0.29) is 16.7 Å². The predicted octanol–water partition coefficient (Wildman–Crippen LogP) is 2.90. The van der Waals surface area contributed by atoms with Gasteiger partial charge >= 0.3 is 5.69 Å². The summed E-state index contributed by atoms with van der Waals surface area (Å²) in [4.78, 5) is 14.7. The summed E-state index contributed by atoms with van der Waals surface area (Å²) in [6, 6.07) is 1.89. The van der Waals surface area contributed by atoms with Crippen LogP contribution >= 0.6 is 0 Å². The minimum Gasteiger partial charge on any atom is -0.362 e. The third kappa shape index (κ3) is 2.93. The van der Waals surface area contributed by atoms with Gasteiger partial charge in [0, 0.05) is 17.8 Å². The Kier molecular flexibility index (Phi) is 3.26. The van der Waals surface area contributed by atoms with Crippen LogP contribution in [0.2, 0.25) is 0 Å². The number of aromatic nitrogens is 1. The summed E-state index contributed by atoms with van der Waals surface area (Å²) in [6.45, 7) is 3.78. The van der Waals surface area contributed by atoms with E-state index < -0.39 is 0 Å². The molecule has 1 atom stereocenters. The maximum absolute atomic E-state index is 11.0. The van der Waals surface area contributed by atoms with Crippen LogP contribution in [0.5, 0.6) is 0 Å². The van der Waals surface area contributed by atoms with Crippen molar-refractivity contribution in [1.29, 1.82) is 0 Å². The molecule has 0 saturated heterocycles. The molecule has 1 unspecified atom stereocenters. The summed E-state index contributed by atoms with van der Waals surface area (Å²) in [6.07, 6.45) is 5.24. The molecule has 17 heavy (non-hydrogen) atoms. The molecular formula is C12H17N3O2. The largest absolute Gasteiger partial charge is 0.362 e. The van der Waals surface area contributed by atoms with Crippen LogP contribution in [0.3, 0.4) is 0 Å². The Balaban J connectivity index is 2.13. The zero-order valence-electron chi connectivity index (χ0n) is 10.1. The van der Waals surface area contributed by atoms with Crippen molar-refractivity contribution in [3.05, 3.63) is 27.9 Å². The number of hydrogen-bond donors (Lipinski definition) is 1. The van der Waals surface area contributed by atoms with Crippen LogP contribution in [0.15, 0.2) is 12.3 Å². The Morgan fingerprint density at radius 3 is 2.94 bits per heavy atom. The van der Waals surface area contributed by atoms with Crippen LogP contribution in [-0.2, 0) is 0 Å². The average Bonchev–Trinajstić information content (AvgIpc) is 3.00. The highest BCUT2D eigenvalue weighted by molar-refractivity contribution is 5.60. The lowest BCUT2D eigenvalue weighted by Gasteiger charge is -2.14. The fourth-order valence-corrected chi connectivity index (χ4v) is 2.03. The molecule has 1 saturated carbocycles. The molecule has 0 amide bonds. The van der Waals surface area contributed by atoms with E-state index >= 15 is 0 Å². The number of nitrogens with zero attached hydrogens (tertiary/aromatic N) is 2. The molecule has 1 N–H and O–H groups in total.